The molecule has 0 radical (unpaired) electrons. The Labute approximate surface area is 212 Å². The number of carbonyl (C=O) groups is 3. The lowest BCUT2D eigenvalue weighted by Gasteiger charge is -2.20. The Hall–Kier alpha value is -4.15. The van der Waals surface area contributed by atoms with Crippen molar-refractivity contribution in [2.45, 2.75) is 37.4 Å². The first kappa shape index (κ1) is 24.5. The molecule has 1 aromatic heterocycles. The third-order valence-corrected chi connectivity index (χ3v) is 6.61. The molecule has 1 atom stereocenters. The number of hydrogen-bond acceptors (Lipinski definition) is 7. The van der Waals surface area contributed by atoms with Crippen LogP contribution >= 0.6 is 0 Å². The number of nitrogens with two attached hydrogens (primary N) is 1. The molecule has 9 nitrogen and oxygen atoms in total. The van der Waals surface area contributed by atoms with Crippen LogP contribution < -0.4 is 21.7 Å². The van der Waals surface area contributed by atoms with E-state index >= 15 is 0 Å². The predicted molar refractivity (Wildman–Crippen MR) is 135 cm³/mol. The number of esters is 1. The lowest BCUT2D eigenvalue weighted by molar-refractivity contribution is -0.140. The predicted octanol–water partition coefficient (Wildman–Crippen LogP) is 2.97. The van der Waals surface area contributed by atoms with Gasteiger partial charge in [-0.3, -0.25) is 24.7 Å². The van der Waals surface area contributed by atoms with E-state index in [4.69, 9.17) is 10.5 Å². The van der Waals surface area contributed by atoms with Gasteiger partial charge in [0.05, 0.1) is 24.0 Å². The van der Waals surface area contributed by atoms with E-state index in [2.05, 4.69) is 20.9 Å². The van der Waals surface area contributed by atoms with Crippen molar-refractivity contribution < 1.29 is 23.5 Å². The summed E-state index contributed by atoms with van der Waals surface area (Å²) in [5, 5.41) is 8.67. The molecule has 1 aliphatic carbocycles. The van der Waals surface area contributed by atoms with E-state index in [0.717, 1.165) is 22.9 Å². The number of rotatable bonds is 8. The Bertz CT molecular complexity index is 1370. The zero-order valence-electron chi connectivity index (χ0n) is 19.9. The summed E-state index contributed by atoms with van der Waals surface area (Å²) in [4.78, 5) is 41.4. The number of nitrogens with zero attached hydrogens (tertiary/aromatic N) is 1. The fourth-order valence-electron chi connectivity index (χ4n) is 4.37. The summed E-state index contributed by atoms with van der Waals surface area (Å²) in [5.74, 6) is -1.65. The summed E-state index contributed by atoms with van der Waals surface area (Å²) in [6.45, 7) is 0.589. The molecule has 2 heterocycles. The zero-order chi connectivity index (χ0) is 26.0. The molecule has 10 heteroatoms. The molecule has 5 N–H and O–H groups in total. The number of hydrogen-bond donors (Lipinski definition) is 4. The van der Waals surface area contributed by atoms with Crippen molar-refractivity contribution >= 4 is 29.2 Å². The van der Waals surface area contributed by atoms with Crippen LogP contribution in [0.15, 0.2) is 60.9 Å². The molecule has 1 saturated carbocycles. The van der Waals surface area contributed by atoms with Crippen LogP contribution in [0.1, 0.15) is 35.2 Å². The van der Waals surface area contributed by atoms with Gasteiger partial charge in [0.15, 0.2) is 5.82 Å². The van der Waals surface area contributed by atoms with Gasteiger partial charge in [0.2, 0.25) is 5.91 Å². The van der Waals surface area contributed by atoms with E-state index < -0.39 is 23.3 Å². The van der Waals surface area contributed by atoms with E-state index in [9.17, 15) is 18.8 Å². The Morgan fingerprint density at radius 1 is 1.14 bits per heavy atom. The smallest absolute Gasteiger partial charge is 0.323 e. The van der Waals surface area contributed by atoms with E-state index in [1.165, 1.54) is 12.3 Å². The van der Waals surface area contributed by atoms with Crippen molar-refractivity contribution in [2.75, 3.05) is 17.2 Å². The van der Waals surface area contributed by atoms with Crippen LogP contribution in [-0.4, -0.2) is 41.0 Å². The first-order valence-electron chi connectivity index (χ1n) is 12.0. The van der Waals surface area contributed by atoms with Crippen molar-refractivity contribution in [3.05, 3.63) is 77.9 Å². The average molecular weight is 504 g/mol. The van der Waals surface area contributed by atoms with Crippen molar-refractivity contribution in [3.8, 4) is 11.1 Å². The third-order valence-electron chi connectivity index (χ3n) is 6.61. The first-order chi connectivity index (χ1) is 17.9. The summed E-state index contributed by atoms with van der Waals surface area (Å²) in [7, 11) is 0. The SMILES string of the molecule is NCc1ccc(C(=O)Nc2ccncc2F)cc1-c1cccc(NC(=O)C2(NC3CCOC3=O)CC2)c1. The number of amides is 2. The van der Waals surface area contributed by atoms with Crippen molar-refractivity contribution in [2.24, 2.45) is 5.73 Å². The Kier molecular flexibility index (Phi) is 6.68. The maximum absolute atomic E-state index is 13.9. The summed E-state index contributed by atoms with van der Waals surface area (Å²) in [5.41, 5.74) is 8.36. The summed E-state index contributed by atoms with van der Waals surface area (Å²) in [6, 6.07) is 13.2. The third kappa shape index (κ3) is 5.20. The van der Waals surface area contributed by atoms with Crippen molar-refractivity contribution in [1.29, 1.82) is 0 Å². The molecule has 1 aliphatic heterocycles. The highest BCUT2D eigenvalue weighted by Crippen LogP contribution is 2.38. The van der Waals surface area contributed by atoms with Crippen LogP contribution in [0.4, 0.5) is 15.8 Å². The highest BCUT2D eigenvalue weighted by atomic mass is 19.1. The minimum atomic E-state index is -0.785. The average Bonchev–Trinajstić information content (AvgIpc) is 3.59. The molecule has 2 amide bonds. The van der Waals surface area contributed by atoms with Gasteiger partial charge in [-0.25, -0.2) is 4.39 Å². The van der Waals surface area contributed by atoms with Gasteiger partial charge in [0, 0.05) is 30.4 Å². The van der Waals surface area contributed by atoms with Gasteiger partial charge in [-0.2, -0.15) is 0 Å². The lowest BCUT2D eigenvalue weighted by atomic mass is 9.96. The number of carbonyl (C=O) groups excluding carboxylic acids is 3. The number of ether oxygens (including phenoxy) is 1. The first-order valence-corrected chi connectivity index (χ1v) is 12.0. The summed E-state index contributed by atoms with van der Waals surface area (Å²) < 4.78 is 18.9. The van der Waals surface area contributed by atoms with Crippen LogP contribution in [0.2, 0.25) is 0 Å². The van der Waals surface area contributed by atoms with Crippen LogP contribution in [0.25, 0.3) is 11.1 Å². The second kappa shape index (κ2) is 10.1. The van der Waals surface area contributed by atoms with Gasteiger partial charge in [0.1, 0.15) is 6.04 Å². The van der Waals surface area contributed by atoms with Gasteiger partial charge in [0.25, 0.3) is 5.91 Å². The maximum Gasteiger partial charge on any atom is 0.323 e. The normalized spacial score (nSPS) is 17.7. The van der Waals surface area contributed by atoms with Crippen LogP contribution in [0.3, 0.4) is 0 Å². The summed E-state index contributed by atoms with van der Waals surface area (Å²) in [6.07, 6.45) is 4.23. The topological polar surface area (TPSA) is 135 Å². The van der Waals surface area contributed by atoms with Gasteiger partial charge < -0.3 is 21.1 Å². The molecular weight excluding hydrogens is 477 g/mol. The Balaban J connectivity index is 1.35. The lowest BCUT2D eigenvalue weighted by Crippen LogP contribution is -2.49. The molecule has 2 fully saturated rings. The van der Waals surface area contributed by atoms with Gasteiger partial charge >= 0.3 is 5.97 Å². The molecule has 190 valence electrons. The largest absolute Gasteiger partial charge is 0.464 e. The molecule has 2 aromatic carbocycles. The quantitative estimate of drug-likeness (QED) is 0.347. The molecule has 0 bridgehead atoms. The monoisotopic (exact) mass is 503 g/mol. The van der Waals surface area contributed by atoms with E-state index in [0.29, 0.717) is 37.1 Å². The highest BCUT2D eigenvalue weighted by molar-refractivity contribution is 6.05. The molecule has 1 unspecified atom stereocenters. The van der Waals surface area contributed by atoms with Crippen molar-refractivity contribution in [3.63, 3.8) is 0 Å². The number of aromatic nitrogens is 1. The minimum absolute atomic E-state index is 0.0302. The molecule has 5 rings (SSSR count). The van der Waals surface area contributed by atoms with Gasteiger partial charge in [-0.15, -0.1) is 0 Å². The molecule has 2 aliphatic rings. The second-order valence-corrected chi connectivity index (χ2v) is 9.16. The molecule has 0 spiro atoms. The number of pyridine rings is 1. The highest BCUT2D eigenvalue weighted by Gasteiger charge is 2.52. The fourth-order valence-corrected chi connectivity index (χ4v) is 4.37. The van der Waals surface area contributed by atoms with Gasteiger partial charge in [-0.1, -0.05) is 18.2 Å². The Morgan fingerprint density at radius 3 is 2.68 bits per heavy atom. The van der Waals surface area contributed by atoms with Crippen LogP contribution in [0, 0.1) is 5.82 Å². The fraction of sp³-hybridized carbons (Fsp3) is 0.259. The summed E-state index contributed by atoms with van der Waals surface area (Å²) >= 11 is 0. The number of benzene rings is 2. The van der Waals surface area contributed by atoms with Crippen LogP contribution in [-0.2, 0) is 20.9 Å². The second-order valence-electron chi connectivity index (χ2n) is 9.16. The van der Waals surface area contributed by atoms with Gasteiger partial charge in [-0.05, 0) is 59.9 Å². The molecule has 37 heavy (non-hydrogen) atoms. The minimum Gasteiger partial charge on any atom is -0.464 e. The molecule has 3 aromatic rings. The van der Waals surface area contributed by atoms with Crippen LogP contribution in [0.5, 0.6) is 0 Å². The maximum atomic E-state index is 13.9. The standard InChI is InChI=1S/C27H26FN5O4/c28-21-15-30-10-6-22(21)32-24(34)17-4-5-18(14-29)20(13-17)16-2-1-3-19(12-16)31-26(36)27(8-9-27)33-23-7-11-37-25(23)35/h1-6,10,12-13,15,23,33H,7-9,11,14,29H2,(H,31,36)(H,30,32,34). The number of nitrogens with one attached hydrogen (secondary N) is 3. The Morgan fingerprint density at radius 2 is 1.97 bits per heavy atom. The number of halogens is 1. The molecule has 1 saturated heterocycles. The van der Waals surface area contributed by atoms with E-state index in [1.54, 1.807) is 36.4 Å². The zero-order valence-corrected chi connectivity index (χ0v) is 19.9. The van der Waals surface area contributed by atoms with E-state index in [-0.39, 0.29) is 24.1 Å². The number of anilines is 2. The number of cyclic esters (lactones) is 1. The molecular formula is C27H26FN5O4. The van der Waals surface area contributed by atoms with E-state index in [1.807, 2.05) is 6.07 Å². The van der Waals surface area contributed by atoms with Crippen molar-refractivity contribution in [1.82, 2.24) is 10.3 Å².